The van der Waals surface area contributed by atoms with Gasteiger partial charge in [-0.3, -0.25) is 4.79 Å². The highest BCUT2D eigenvalue weighted by molar-refractivity contribution is 7.99. The number of hydrogen-bond acceptors (Lipinski definition) is 6. The molecular formula is C18H17ClN4OS2. The maximum absolute atomic E-state index is 12.0. The van der Waals surface area contributed by atoms with E-state index < -0.39 is 0 Å². The second-order valence-electron chi connectivity index (χ2n) is 5.60. The molecule has 0 atom stereocenters. The summed E-state index contributed by atoms with van der Waals surface area (Å²) in [4.78, 5) is 17.4. The second-order valence-corrected chi connectivity index (χ2v) is 8.23. The molecule has 3 aromatic rings. The smallest absolute Gasteiger partial charge is 0.230 e. The Morgan fingerprint density at radius 1 is 1.15 bits per heavy atom. The Labute approximate surface area is 165 Å². The summed E-state index contributed by atoms with van der Waals surface area (Å²) >= 11 is 8.81. The minimum absolute atomic E-state index is 0.0512. The minimum atomic E-state index is -0.0512. The van der Waals surface area contributed by atoms with Crippen LogP contribution in [0.3, 0.4) is 0 Å². The summed E-state index contributed by atoms with van der Waals surface area (Å²) in [6.07, 6.45) is 0. The molecular weight excluding hydrogens is 388 g/mol. The molecule has 0 aliphatic carbocycles. The van der Waals surface area contributed by atoms with Gasteiger partial charge in [0.15, 0.2) is 0 Å². The van der Waals surface area contributed by atoms with E-state index in [1.165, 1.54) is 11.8 Å². The molecule has 8 heteroatoms. The van der Waals surface area contributed by atoms with Gasteiger partial charge in [0, 0.05) is 11.6 Å². The number of carbonyl (C=O) groups excluding carboxylic acids is 1. The number of benzene rings is 1. The summed E-state index contributed by atoms with van der Waals surface area (Å²) in [6.45, 7) is 4.42. The van der Waals surface area contributed by atoms with E-state index in [2.05, 4.69) is 20.5 Å². The fourth-order valence-electron chi connectivity index (χ4n) is 2.28. The number of halogens is 1. The maximum Gasteiger partial charge on any atom is 0.230 e. The molecule has 3 rings (SSSR count). The first-order chi connectivity index (χ1) is 12.5. The second kappa shape index (κ2) is 8.62. The molecule has 0 saturated heterocycles. The molecule has 26 heavy (non-hydrogen) atoms. The van der Waals surface area contributed by atoms with Crippen molar-refractivity contribution in [2.45, 2.75) is 25.4 Å². The Hall–Kier alpha value is -1.96. The zero-order valence-electron chi connectivity index (χ0n) is 14.3. The molecule has 1 amide bonds. The van der Waals surface area contributed by atoms with Crippen molar-refractivity contribution in [2.75, 3.05) is 5.75 Å². The quantitative estimate of drug-likeness (QED) is 0.621. The van der Waals surface area contributed by atoms with E-state index in [9.17, 15) is 4.79 Å². The molecule has 0 radical (unpaired) electrons. The van der Waals surface area contributed by atoms with Gasteiger partial charge in [0.25, 0.3) is 0 Å². The first kappa shape index (κ1) is 18.8. The number of aromatic nitrogens is 3. The van der Waals surface area contributed by atoms with Gasteiger partial charge in [-0.15, -0.1) is 21.5 Å². The number of rotatable bonds is 6. The number of thioether (sulfide) groups is 1. The SMILES string of the molecule is Cc1nc(C)c(-c2ccc(SCC(=O)NCc3ccc(Cl)cc3)nn2)s1. The van der Waals surface area contributed by atoms with E-state index in [1.54, 1.807) is 23.5 Å². The predicted molar refractivity (Wildman–Crippen MR) is 107 cm³/mol. The number of hydrogen-bond donors (Lipinski definition) is 1. The molecule has 2 aromatic heterocycles. The number of nitrogens with zero attached hydrogens (tertiary/aromatic N) is 3. The average molecular weight is 405 g/mol. The topological polar surface area (TPSA) is 67.8 Å². The van der Waals surface area contributed by atoms with Gasteiger partial charge >= 0.3 is 0 Å². The number of amides is 1. The maximum atomic E-state index is 12.0. The molecule has 5 nitrogen and oxygen atoms in total. The molecule has 0 unspecified atom stereocenters. The van der Waals surface area contributed by atoms with Crippen molar-refractivity contribution in [3.8, 4) is 10.6 Å². The average Bonchev–Trinajstić information content (AvgIpc) is 2.98. The van der Waals surface area contributed by atoms with E-state index in [1.807, 2.05) is 38.1 Å². The first-order valence-electron chi connectivity index (χ1n) is 7.93. The highest BCUT2D eigenvalue weighted by Gasteiger charge is 2.10. The first-order valence-corrected chi connectivity index (χ1v) is 10.1. The summed E-state index contributed by atoms with van der Waals surface area (Å²) in [7, 11) is 0. The molecule has 0 saturated carbocycles. The molecule has 0 aliphatic rings. The monoisotopic (exact) mass is 404 g/mol. The summed E-state index contributed by atoms with van der Waals surface area (Å²) in [6, 6.07) is 11.2. The van der Waals surface area contributed by atoms with Crippen LogP contribution in [0, 0.1) is 13.8 Å². The van der Waals surface area contributed by atoms with E-state index in [0.717, 1.165) is 26.8 Å². The lowest BCUT2D eigenvalue weighted by Gasteiger charge is -2.05. The van der Waals surface area contributed by atoms with Gasteiger partial charge in [0.1, 0.15) is 10.7 Å². The predicted octanol–water partition coefficient (Wildman–Crippen LogP) is 4.28. The van der Waals surface area contributed by atoms with Crippen molar-refractivity contribution < 1.29 is 4.79 Å². The molecule has 0 spiro atoms. The summed E-state index contributed by atoms with van der Waals surface area (Å²) in [5, 5.41) is 13.7. The lowest BCUT2D eigenvalue weighted by Crippen LogP contribution is -2.24. The number of carbonyl (C=O) groups is 1. The molecule has 0 fully saturated rings. The van der Waals surface area contributed by atoms with Crippen molar-refractivity contribution in [1.82, 2.24) is 20.5 Å². The third-order valence-electron chi connectivity index (χ3n) is 3.53. The standard InChI is InChI=1S/C18H17ClN4OS2/c1-11-18(26-12(2)21-11)15-7-8-17(23-22-15)25-10-16(24)20-9-13-3-5-14(19)6-4-13/h3-8H,9-10H2,1-2H3,(H,20,24). The fraction of sp³-hybridized carbons (Fsp3) is 0.222. The Morgan fingerprint density at radius 3 is 2.54 bits per heavy atom. The normalized spacial score (nSPS) is 10.7. The van der Waals surface area contributed by atoms with Crippen LogP contribution in [0.1, 0.15) is 16.3 Å². The lowest BCUT2D eigenvalue weighted by atomic mass is 10.2. The third-order valence-corrected chi connectivity index (χ3v) is 5.80. The fourth-order valence-corrected chi connectivity index (χ4v) is 3.94. The van der Waals surface area contributed by atoms with Crippen LogP contribution in [-0.4, -0.2) is 26.8 Å². The largest absolute Gasteiger partial charge is 0.351 e. The molecule has 1 N–H and O–H groups in total. The zero-order valence-corrected chi connectivity index (χ0v) is 16.7. The Kier molecular flexibility index (Phi) is 6.24. The van der Waals surface area contributed by atoms with E-state index in [-0.39, 0.29) is 5.91 Å². The highest BCUT2D eigenvalue weighted by atomic mass is 35.5. The van der Waals surface area contributed by atoms with Crippen molar-refractivity contribution in [3.05, 3.63) is 57.7 Å². The van der Waals surface area contributed by atoms with Crippen LogP contribution in [-0.2, 0) is 11.3 Å². The van der Waals surface area contributed by atoms with E-state index in [0.29, 0.717) is 22.3 Å². The molecule has 0 aliphatic heterocycles. The van der Waals surface area contributed by atoms with Crippen molar-refractivity contribution in [2.24, 2.45) is 0 Å². The summed E-state index contributed by atoms with van der Waals surface area (Å²) in [5.74, 6) is 0.241. The van der Waals surface area contributed by atoms with Gasteiger partial charge in [-0.1, -0.05) is 35.5 Å². The van der Waals surface area contributed by atoms with Crippen LogP contribution in [0.5, 0.6) is 0 Å². The summed E-state index contributed by atoms with van der Waals surface area (Å²) in [5.41, 5.74) is 2.78. The van der Waals surface area contributed by atoms with Crippen molar-refractivity contribution in [3.63, 3.8) is 0 Å². The van der Waals surface area contributed by atoms with E-state index in [4.69, 9.17) is 11.6 Å². The van der Waals surface area contributed by atoms with E-state index >= 15 is 0 Å². The van der Waals surface area contributed by atoms with Gasteiger partial charge in [-0.2, -0.15) is 0 Å². The Balaban J connectivity index is 1.50. The molecule has 1 aromatic carbocycles. The van der Waals surface area contributed by atoms with Crippen LogP contribution in [0.2, 0.25) is 5.02 Å². The Morgan fingerprint density at radius 2 is 1.92 bits per heavy atom. The van der Waals surface area contributed by atoms with Crippen molar-refractivity contribution >= 4 is 40.6 Å². The number of nitrogens with one attached hydrogen (secondary N) is 1. The third kappa shape index (κ3) is 5.03. The Bertz CT molecular complexity index is 895. The zero-order chi connectivity index (χ0) is 18.5. The number of thiazole rings is 1. The molecule has 0 bridgehead atoms. The lowest BCUT2D eigenvalue weighted by molar-refractivity contribution is -0.118. The van der Waals surface area contributed by atoms with Crippen LogP contribution in [0.4, 0.5) is 0 Å². The molecule has 2 heterocycles. The molecule has 134 valence electrons. The van der Waals surface area contributed by atoms with Crippen LogP contribution < -0.4 is 5.32 Å². The van der Waals surface area contributed by atoms with Crippen LogP contribution in [0.25, 0.3) is 10.6 Å². The minimum Gasteiger partial charge on any atom is -0.351 e. The summed E-state index contributed by atoms with van der Waals surface area (Å²) < 4.78 is 0. The highest BCUT2D eigenvalue weighted by Crippen LogP contribution is 2.28. The van der Waals surface area contributed by atoms with Gasteiger partial charge in [-0.25, -0.2) is 4.98 Å². The number of aryl methyl sites for hydroxylation is 2. The van der Waals surface area contributed by atoms with Crippen molar-refractivity contribution in [1.29, 1.82) is 0 Å². The van der Waals surface area contributed by atoms with Gasteiger partial charge in [-0.05, 0) is 43.7 Å². The van der Waals surface area contributed by atoms with Crippen LogP contribution >= 0.6 is 34.7 Å². The van der Waals surface area contributed by atoms with Gasteiger partial charge in [0.2, 0.25) is 5.91 Å². The van der Waals surface area contributed by atoms with Gasteiger partial charge in [0.05, 0.1) is 21.3 Å². The van der Waals surface area contributed by atoms with Crippen LogP contribution in [0.15, 0.2) is 41.4 Å². The van der Waals surface area contributed by atoms with Gasteiger partial charge < -0.3 is 5.32 Å².